The van der Waals surface area contributed by atoms with E-state index in [1.54, 1.807) is 60.7 Å². The summed E-state index contributed by atoms with van der Waals surface area (Å²) in [5.74, 6) is 2.02. The zero-order chi connectivity index (χ0) is 25.4. The van der Waals surface area contributed by atoms with Crippen LogP contribution in [0.4, 0.5) is 0 Å². The summed E-state index contributed by atoms with van der Waals surface area (Å²) in [5.41, 5.74) is 1.40. The highest BCUT2D eigenvalue weighted by Gasteiger charge is 2.16. The van der Waals surface area contributed by atoms with Gasteiger partial charge in [-0.25, -0.2) is 9.59 Å². The molecule has 0 N–H and O–H groups in total. The van der Waals surface area contributed by atoms with Crippen molar-refractivity contribution in [3.05, 3.63) is 81.5 Å². The van der Waals surface area contributed by atoms with Crippen LogP contribution in [0.15, 0.2) is 79.1 Å². The molecule has 5 rings (SSSR count). The van der Waals surface area contributed by atoms with Gasteiger partial charge < -0.3 is 27.8 Å². The van der Waals surface area contributed by atoms with Crippen molar-refractivity contribution in [3.8, 4) is 45.3 Å². The van der Waals surface area contributed by atoms with Gasteiger partial charge in [0, 0.05) is 24.3 Å². The van der Waals surface area contributed by atoms with Gasteiger partial charge in [-0.1, -0.05) is 18.2 Å². The molecule has 0 spiro atoms. The zero-order valence-electron chi connectivity index (χ0n) is 20.0. The molecule has 0 unspecified atom stereocenters. The van der Waals surface area contributed by atoms with Crippen molar-refractivity contribution < 1.29 is 27.8 Å². The van der Waals surface area contributed by atoms with E-state index in [1.165, 1.54) is 28.4 Å². The highest BCUT2D eigenvalue weighted by Crippen LogP contribution is 2.35. The van der Waals surface area contributed by atoms with Gasteiger partial charge >= 0.3 is 11.3 Å². The quantitative estimate of drug-likeness (QED) is 0.300. The lowest BCUT2D eigenvalue weighted by Gasteiger charge is -2.11. The SMILES string of the molecule is COc1cc(OC)c2cc(-c3cccc(-c4cc5c(OC)cc(OC)cc5oc4=O)c3)c(=O)oc2c1. The third kappa shape index (κ3) is 3.92. The average Bonchev–Trinajstić information content (AvgIpc) is 2.90. The molecule has 8 heteroatoms. The van der Waals surface area contributed by atoms with Crippen molar-refractivity contribution in [1.29, 1.82) is 0 Å². The fraction of sp³-hybridized carbons (Fsp3) is 0.143. The van der Waals surface area contributed by atoms with Crippen molar-refractivity contribution >= 4 is 21.9 Å². The van der Waals surface area contributed by atoms with Crippen LogP contribution >= 0.6 is 0 Å². The molecule has 0 saturated carbocycles. The Labute approximate surface area is 205 Å². The molecule has 0 radical (unpaired) electrons. The Hall–Kier alpha value is -4.72. The van der Waals surface area contributed by atoms with Gasteiger partial charge in [-0.2, -0.15) is 0 Å². The van der Waals surface area contributed by atoms with Gasteiger partial charge in [0.2, 0.25) is 0 Å². The Morgan fingerprint density at radius 1 is 0.556 bits per heavy atom. The Morgan fingerprint density at radius 3 is 1.39 bits per heavy atom. The first-order chi connectivity index (χ1) is 17.4. The second-order valence-corrected chi connectivity index (χ2v) is 7.96. The van der Waals surface area contributed by atoms with E-state index in [1.807, 2.05) is 0 Å². The highest BCUT2D eigenvalue weighted by atomic mass is 16.5. The summed E-state index contributed by atoms with van der Waals surface area (Å²) >= 11 is 0. The lowest BCUT2D eigenvalue weighted by molar-refractivity contribution is 0.395. The molecule has 0 aliphatic carbocycles. The predicted octanol–water partition coefficient (Wildman–Crippen LogP) is 5.27. The van der Waals surface area contributed by atoms with Crippen LogP contribution in [-0.4, -0.2) is 28.4 Å². The Bertz CT molecular complexity index is 1600. The monoisotopic (exact) mass is 486 g/mol. The summed E-state index contributed by atoms with van der Waals surface area (Å²) in [6.45, 7) is 0. The molecular weight excluding hydrogens is 464 g/mol. The summed E-state index contributed by atoms with van der Waals surface area (Å²) in [4.78, 5) is 25.8. The van der Waals surface area contributed by atoms with Crippen molar-refractivity contribution in [1.82, 2.24) is 0 Å². The van der Waals surface area contributed by atoms with Crippen molar-refractivity contribution in [2.24, 2.45) is 0 Å². The van der Waals surface area contributed by atoms with Crippen molar-refractivity contribution in [2.45, 2.75) is 0 Å². The summed E-state index contributed by atoms with van der Waals surface area (Å²) in [6.07, 6.45) is 0. The molecule has 36 heavy (non-hydrogen) atoms. The van der Waals surface area contributed by atoms with E-state index >= 15 is 0 Å². The molecule has 0 aliphatic rings. The minimum atomic E-state index is -0.533. The van der Waals surface area contributed by atoms with Crippen LogP contribution in [0, 0.1) is 0 Å². The number of ether oxygens (including phenoxy) is 4. The maximum absolute atomic E-state index is 12.9. The lowest BCUT2D eigenvalue weighted by Crippen LogP contribution is -2.05. The topological polar surface area (TPSA) is 97.3 Å². The molecule has 0 atom stereocenters. The van der Waals surface area contributed by atoms with Crippen LogP contribution in [0.1, 0.15) is 0 Å². The molecule has 0 bridgehead atoms. The second kappa shape index (κ2) is 9.14. The van der Waals surface area contributed by atoms with E-state index in [-0.39, 0.29) is 0 Å². The molecule has 3 aromatic carbocycles. The molecule has 0 amide bonds. The normalized spacial score (nSPS) is 11.0. The molecule has 182 valence electrons. The minimum Gasteiger partial charge on any atom is -0.496 e. The number of fused-ring (bicyclic) bond motifs is 2. The fourth-order valence-electron chi connectivity index (χ4n) is 4.15. The second-order valence-electron chi connectivity index (χ2n) is 7.96. The summed E-state index contributed by atoms with van der Waals surface area (Å²) < 4.78 is 32.6. The smallest absolute Gasteiger partial charge is 0.344 e. The minimum absolute atomic E-state index is 0.320. The van der Waals surface area contributed by atoms with Crippen LogP contribution in [0.2, 0.25) is 0 Å². The number of hydrogen-bond acceptors (Lipinski definition) is 8. The number of benzene rings is 3. The average molecular weight is 486 g/mol. The molecule has 2 aromatic heterocycles. The first kappa shape index (κ1) is 23.0. The van der Waals surface area contributed by atoms with Crippen molar-refractivity contribution in [2.75, 3.05) is 28.4 Å². The molecular formula is C28H22O8. The standard InChI is InChI=1S/C28H22O8/c1-31-17-9-23(33-3)21-13-19(27(29)35-25(21)11-17)15-6-5-7-16(8-15)20-14-22-24(34-4)10-18(32-2)12-26(22)36-28(20)30/h5-14H,1-4H3. The first-order valence-corrected chi connectivity index (χ1v) is 11.0. The predicted molar refractivity (Wildman–Crippen MR) is 136 cm³/mol. The van der Waals surface area contributed by atoms with Gasteiger partial charge in [-0.3, -0.25) is 0 Å². The Balaban J connectivity index is 1.67. The summed E-state index contributed by atoms with van der Waals surface area (Å²) in [7, 11) is 6.10. The lowest BCUT2D eigenvalue weighted by atomic mass is 9.99. The van der Waals surface area contributed by atoms with Crippen LogP contribution in [0.3, 0.4) is 0 Å². The maximum Gasteiger partial charge on any atom is 0.344 e. The van der Waals surface area contributed by atoms with Crippen LogP contribution in [0.25, 0.3) is 44.2 Å². The fourth-order valence-corrected chi connectivity index (χ4v) is 4.15. The van der Waals surface area contributed by atoms with Gasteiger partial charge in [-0.05, 0) is 29.3 Å². The Kier molecular flexibility index (Phi) is 5.85. The zero-order valence-corrected chi connectivity index (χ0v) is 20.0. The Morgan fingerprint density at radius 2 is 1.00 bits per heavy atom. The molecule has 0 saturated heterocycles. The number of methoxy groups -OCH3 is 4. The van der Waals surface area contributed by atoms with E-state index < -0.39 is 11.3 Å². The van der Waals surface area contributed by atoms with E-state index in [0.29, 0.717) is 67.2 Å². The van der Waals surface area contributed by atoms with Crippen LogP contribution in [-0.2, 0) is 0 Å². The van der Waals surface area contributed by atoms with Gasteiger partial charge in [-0.15, -0.1) is 0 Å². The van der Waals surface area contributed by atoms with E-state index in [4.69, 9.17) is 27.8 Å². The highest BCUT2D eigenvalue weighted by molar-refractivity contribution is 5.90. The largest absolute Gasteiger partial charge is 0.496 e. The molecule has 0 aliphatic heterocycles. The van der Waals surface area contributed by atoms with Gasteiger partial charge in [0.25, 0.3) is 0 Å². The third-order valence-corrected chi connectivity index (χ3v) is 5.97. The van der Waals surface area contributed by atoms with E-state index in [9.17, 15) is 9.59 Å². The summed E-state index contributed by atoms with van der Waals surface area (Å²) in [5, 5.41) is 1.23. The van der Waals surface area contributed by atoms with E-state index in [2.05, 4.69) is 0 Å². The van der Waals surface area contributed by atoms with Crippen molar-refractivity contribution in [3.63, 3.8) is 0 Å². The third-order valence-electron chi connectivity index (χ3n) is 5.97. The maximum atomic E-state index is 12.9. The number of rotatable bonds is 6. The van der Waals surface area contributed by atoms with Crippen LogP contribution < -0.4 is 30.2 Å². The van der Waals surface area contributed by atoms with Gasteiger partial charge in [0.1, 0.15) is 34.2 Å². The van der Waals surface area contributed by atoms with E-state index in [0.717, 1.165) is 0 Å². The summed E-state index contributed by atoms with van der Waals surface area (Å²) in [6, 6.07) is 17.1. The molecule has 2 heterocycles. The molecule has 0 fully saturated rings. The van der Waals surface area contributed by atoms with Gasteiger partial charge in [0.05, 0.1) is 50.3 Å². The first-order valence-electron chi connectivity index (χ1n) is 11.0. The molecule has 8 nitrogen and oxygen atoms in total. The molecule has 5 aromatic rings. The van der Waals surface area contributed by atoms with Crippen LogP contribution in [0.5, 0.6) is 23.0 Å². The number of hydrogen-bond donors (Lipinski definition) is 0. The van der Waals surface area contributed by atoms with Gasteiger partial charge in [0.15, 0.2) is 0 Å².